The number of nitrogens with zero attached hydrogens (tertiary/aromatic N) is 2. The van der Waals surface area contributed by atoms with Crippen molar-refractivity contribution in [2.75, 3.05) is 18.4 Å². The second kappa shape index (κ2) is 5.33. The first-order valence-electron chi connectivity index (χ1n) is 7.07. The molecule has 1 aliphatic heterocycles. The number of likely N-dealkylation sites (tertiary alicyclic amines) is 1. The second-order valence-corrected chi connectivity index (χ2v) is 5.62. The van der Waals surface area contributed by atoms with E-state index in [9.17, 15) is 20.0 Å². The summed E-state index contributed by atoms with van der Waals surface area (Å²) in [5, 5.41) is 23.4. The van der Waals surface area contributed by atoms with E-state index in [1.807, 2.05) is 0 Å². The smallest absolute Gasteiger partial charge is 0.338 e. The van der Waals surface area contributed by atoms with Crippen LogP contribution in [0, 0.1) is 10.1 Å². The minimum absolute atomic E-state index is 0.0472. The molecule has 1 heterocycles. The number of nitro groups is 1. The van der Waals surface area contributed by atoms with E-state index >= 15 is 0 Å². The van der Waals surface area contributed by atoms with Crippen molar-refractivity contribution < 1.29 is 14.8 Å². The number of carboxylic acid groups (broad SMARTS) is 1. The third kappa shape index (κ3) is 2.82. The molecular weight excluding hydrogens is 274 g/mol. The Balaban J connectivity index is 1.83. The highest BCUT2D eigenvalue weighted by atomic mass is 16.6. The number of carboxylic acids is 1. The van der Waals surface area contributed by atoms with Crippen molar-refractivity contribution in [3.63, 3.8) is 0 Å². The third-order valence-corrected chi connectivity index (χ3v) is 4.10. The summed E-state index contributed by atoms with van der Waals surface area (Å²) in [7, 11) is 0. The predicted molar refractivity (Wildman–Crippen MR) is 76.7 cm³/mol. The first-order valence-corrected chi connectivity index (χ1v) is 7.07. The van der Waals surface area contributed by atoms with Gasteiger partial charge in [-0.2, -0.15) is 0 Å². The van der Waals surface area contributed by atoms with Gasteiger partial charge in [-0.3, -0.25) is 15.0 Å². The SMILES string of the molecule is O=C(O)c1cccc([N+](=O)[O-])c1NC1CCN(C2CC2)C1. The van der Waals surface area contributed by atoms with Gasteiger partial charge in [0.15, 0.2) is 0 Å². The van der Waals surface area contributed by atoms with Gasteiger partial charge in [-0.15, -0.1) is 0 Å². The zero-order valence-electron chi connectivity index (χ0n) is 11.5. The molecule has 0 aromatic heterocycles. The molecule has 7 heteroatoms. The van der Waals surface area contributed by atoms with Crippen LogP contribution >= 0.6 is 0 Å². The number of nitro benzene ring substituents is 1. The molecule has 7 nitrogen and oxygen atoms in total. The number of aromatic carboxylic acids is 1. The Morgan fingerprint density at radius 2 is 2.14 bits per heavy atom. The molecule has 1 aromatic rings. The van der Waals surface area contributed by atoms with Gasteiger partial charge in [0.1, 0.15) is 5.69 Å². The van der Waals surface area contributed by atoms with Crippen LogP contribution in [0.2, 0.25) is 0 Å². The van der Waals surface area contributed by atoms with E-state index < -0.39 is 10.9 Å². The van der Waals surface area contributed by atoms with Crippen molar-refractivity contribution >= 4 is 17.3 Å². The number of anilines is 1. The Hall–Kier alpha value is -2.15. The first-order chi connectivity index (χ1) is 10.1. The van der Waals surface area contributed by atoms with Crippen LogP contribution in [0.25, 0.3) is 0 Å². The fourth-order valence-electron chi connectivity index (χ4n) is 2.90. The van der Waals surface area contributed by atoms with Gasteiger partial charge in [-0.1, -0.05) is 6.07 Å². The maximum Gasteiger partial charge on any atom is 0.338 e. The minimum Gasteiger partial charge on any atom is -0.478 e. The average molecular weight is 291 g/mol. The van der Waals surface area contributed by atoms with E-state index in [0.717, 1.165) is 19.5 Å². The number of hydrogen-bond donors (Lipinski definition) is 2. The summed E-state index contributed by atoms with van der Waals surface area (Å²) in [6.07, 6.45) is 3.32. The maximum absolute atomic E-state index is 11.3. The van der Waals surface area contributed by atoms with Crippen LogP contribution in [0.3, 0.4) is 0 Å². The van der Waals surface area contributed by atoms with Crippen LogP contribution in [0.1, 0.15) is 29.6 Å². The monoisotopic (exact) mass is 291 g/mol. The Kier molecular flexibility index (Phi) is 3.50. The van der Waals surface area contributed by atoms with Gasteiger partial charge in [0.2, 0.25) is 0 Å². The molecule has 0 amide bonds. The summed E-state index contributed by atoms with van der Waals surface area (Å²) in [5.74, 6) is -1.15. The van der Waals surface area contributed by atoms with Crippen molar-refractivity contribution in [1.82, 2.24) is 4.90 Å². The van der Waals surface area contributed by atoms with Gasteiger partial charge in [0.25, 0.3) is 5.69 Å². The quantitative estimate of drug-likeness (QED) is 0.636. The molecule has 1 aliphatic carbocycles. The zero-order valence-corrected chi connectivity index (χ0v) is 11.5. The highest BCUT2D eigenvalue weighted by Crippen LogP contribution is 2.33. The Labute approximate surface area is 121 Å². The van der Waals surface area contributed by atoms with Gasteiger partial charge in [0, 0.05) is 31.2 Å². The number of benzene rings is 1. The van der Waals surface area contributed by atoms with Crippen molar-refractivity contribution in [2.24, 2.45) is 0 Å². The molecule has 1 aromatic carbocycles. The number of rotatable bonds is 5. The largest absolute Gasteiger partial charge is 0.478 e. The van der Waals surface area contributed by atoms with E-state index in [4.69, 9.17) is 0 Å². The van der Waals surface area contributed by atoms with Crippen molar-refractivity contribution in [1.29, 1.82) is 0 Å². The molecule has 1 atom stereocenters. The Bertz CT molecular complexity index is 553. The Morgan fingerprint density at radius 3 is 2.76 bits per heavy atom. The van der Waals surface area contributed by atoms with Gasteiger partial charge in [-0.05, 0) is 25.3 Å². The average Bonchev–Trinajstić information content (AvgIpc) is 3.19. The molecule has 2 fully saturated rings. The number of nitrogens with one attached hydrogen (secondary N) is 1. The highest BCUT2D eigenvalue weighted by Gasteiger charge is 2.35. The maximum atomic E-state index is 11.3. The van der Waals surface area contributed by atoms with Gasteiger partial charge >= 0.3 is 5.97 Å². The van der Waals surface area contributed by atoms with Crippen LogP contribution < -0.4 is 5.32 Å². The third-order valence-electron chi connectivity index (χ3n) is 4.10. The predicted octanol–water partition coefficient (Wildman–Crippen LogP) is 1.94. The standard InChI is InChI=1S/C14H17N3O4/c18-14(19)11-2-1-3-12(17(20)21)13(11)15-9-6-7-16(8-9)10-4-5-10/h1-3,9-10,15H,4-8H2,(H,18,19). The van der Waals surface area contributed by atoms with E-state index in [1.165, 1.54) is 31.0 Å². The number of para-hydroxylation sites is 1. The second-order valence-electron chi connectivity index (χ2n) is 5.62. The van der Waals surface area contributed by atoms with Crippen molar-refractivity contribution in [2.45, 2.75) is 31.3 Å². The van der Waals surface area contributed by atoms with Crippen LogP contribution in [-0.4, -0.2) is 46.1 Å². The fraction of sp³-hybridized carbons (Fsp3) is 0.500. The summed E-state index contributed by atoms with van der Waals surface area (Å²) >= 11 is 0. The summed E-state index contributed by atoms with van der Waals surface area (Å²) in [4.78, 5) is 24.2. The first kappa shape index (κ1) is 13.8. The van der Waals surface area contributed by atoms with E-state index in [0.29, 0.717) is 6.04 Å². The fourth-order valence-corrected chi connectivity index (χ4v) is 2.90. The van der Waals surface area contributed by atoms with Gasteiger partial charge in [-0.25, -0.2) is 4.79 Å². The minimum atomic E-state index is -1.15. The molecule has 21 heavy (non-hydrogen) atoms. The van der Waals surface area contributed by atoms with Gasteiger partial charge in [0.05, 0.1) is 10.5 Å². The molecule has 3 rings (SSSR count). The molecule has 112 valence electrons. The molecule has 2 N–H and O–H groups in total. The van der Waals surface area contributed by atoms with E-state index in [-0.39, 0.29) is 23.0 Å². The van der Waals surface area contributed by atoms with Crippen molar-refractivity contribution in [3.05, 3.63) is 33.9 Å². The van der Waals surface area contributed by atoms with Crippen LogP contribution in [-0.2, 0) is 0 Å². The molecule has 0 bridgehead atoms. The van der Waals surface area contributed by atoms with E-state index in [1.54, 1.807) is 0 Å². The molecular formula is C14H17N3O4. The van der Waals surface area contributed by atoms with Crippen LogP contribution in [0.15, 0.2) is 18.2 Å². The molecule has 2 aliphatic rings. The topological polar surface area (TPSA) is 95.7 Å². The molecule has 1 saturated carbocycles. The normalized spacial score (nSPS) is 22.2. The number of carbonyl (C=O) groups is 1. The van der Waals surface area contributed by atoms with E-state index in [2.05, 4.69) is 10.2 Å². The Morgan fingerprint density at radius 1 is 1.38 bits per heavy atom. The van der Waals surface area contributed by atoms with Crippen molar-refractivity contribution in [3.8, 4) is 0 Å². The lowest BCUT2D eigenvalue weighted by Gasteiger charge is -2.17. The molecule has 1 saturated heterocycles. The van der Waals surface area contributed by atoms with Crippen LogP contribution in [0.4, 0.5) is 11.4 Å². The molecule has 0 radical (unpaired) electrons. The zero-order chi connectivity index (χ0) is 15.0. The summed E-state index contributed by atoms with van der Waals surface area (Å²) in [6, 6.07) is 4.84. The summed E-state index contributed by atoms with van der Waals surface area (Å²) in [5.41, 5.74) is -0.105. The lowest BCUT2D eigenvalue weighted by atomic mass is 10.1. The highest BCUT2D eigenvalue weighted by molar-refractivity contribution is 5.96. The number of hydrogen-bond acceptors (Lipinski definition) is 5. The summed E-state index contributed by atoms with van der Waals surface area (Å²) < 4.78 is 0. The lowest BCUT2D eigenvalue weighted by Crippen LogP contribution is -2.28. The lowest BCUT2D eigenvalue weighted by molar-refractivity contribution is -0.384. The molecule has 0 spiro atoms. The summed E-state index contributed by atoms with van der Waals surface area (Å²) in [6.45, 7) is 1.78. The van der Waals surface area contributed by atoms with Gasteiger partial charge < -0.3 is 10.4 Å². The van der Waals surface area contributed by atoms with Crippen LogP contribution in [0.5, 0.6) is 0 Å². The molecule has 1 unspecified atom stereocenters.